The number of benzene rings is 2. The number of anilines is 1. The van der Waals surface area contributed by atoms with Crippen molar-refractivity contribution in [3.63, 3.8) is 0 Å². The molecule has 43 heavy (non-hydrogen) atoms. The molecule has 0 unspecified atom stereocenters. The standard InChI is InChI=1S/C32H30ClF2N5O3/c1-6-23(41)38-11-12-39(18(5)14-38)31-20-13-21(33)25-24-19(7-8-22(34)26(24)35)15-43-30(25)29(20)40(32(42)37-31)28-17(4)9-10-36-27(28)16(2)3/h6-10,13,16,18H,1,11-12,14-15H2,2-5H3/t18-/m0/s1/i15D2. The molecule has 0 spiro atoms. The van der Waals surface area contributed by atoms with E-state index in [2.05, 4.69) is 16.5 Å². The molecule has 1 atom stereocenters. The lowest BCUT2D eigenvalue weighted by atomic mass is 9.94. The highest BCUT2D eigenvalue weighted by Crippen LogP contribution is 2.49. The average Bonchev–Trinajstić information content (AvgIpc) is 2.98. The maximum Gasteiger partial charge on any atom is 0.354 e. The lowest BCUT2D eigenvalue weighted by Gasteiger charge is -2.40. The Morgan fingerprint density at radius 2 is 2.02 bits per heavy atom. The van der Waals surface area contributed by atoms with Gasteiger partial charge in [0.2, 0.25) is 5.91 Å². The van der Waals surface area contributed by atoms with Crippen LogP contribution in [0.25, 0.3) is 27.7 Å². The summed E-state index contributed by atoms with van der Waals surface area (Å²) >= 11 is 6.85. The van der Waals surface area contributed by atoms with Crippen molar-refractivity contribution >= 4 is 34.2 Å². The Kier molecular flexibility index (Phi) is 6.58. The molecule has 11 heteroatoms. The van der Waals surface area contributed by atoms with Gasteiger partial charge in [0.1, 0.15) is 17.9 Å². The number of piperazine rings is 1. The Balaban J connectivity index is 1.75. The quantitative estimate of drug-likeness (QED) is 0.268. The largest absolute Gasteiger partial charge is 0.486 e. The van der Waals surface area contributed by atoms with Crippen LogP contribution in [0.3, 0.4) is 0 Å². The van der Waals surface area contributed by atoms with E-state index in [1.165, 1.54) is 16.7 Å². The minimum Gasteiger partial charge on any atom is -0.486 e. The van der Waals surface area contributed by atoms with E-state index in [4.69, 9.17) is 19.1 Å². The lowest BCUT2D eigenvalue weighted by molar-refractivity contribution is -0.126. The Morgan fingerprint density at radius 1 is 1.26 bits per heavy atom. The topological polar surface area (TPSA) is 80.6 Å². The van der Waals surface area contributed by atoms with E-state index >= 15 is 4.39 Å². The molecule has 2 aromatic carbocycles. The summed E-state index contributed by atoms with van der Waals surface area (Å²) in [7, 11) is 0. The van der Waals surface area contributed by atoms with Crippen LogP contribution >= 0.6 is 11.6 Å². The maximum atomic E-state index is 15.6. The fourth-order valence-corrected chi connectivity index (χ4v) is 6.23. The third-order valence-corrected chi connectivity index (χ3v) is 8.28. The molecule has 1 saturated heterocycles. The maximum absolute atomic E-state index is 15.6. The number of aryl methyl sites for hydroxylation is 1. The first-order valence-electron chi connectivity index (χ1n) is 14.9. The molecule has 6 rings (SSSR count). The molecule has 1 fully saturated rings. The van der Waals surface area contributed by atoms with Crippen LogP contribution in [-0.4, -0.2) is 51.0 Å². The summed E-state index contributed by atoms with van der Waals surface area (Å²) in [6.07, 6.45) is 2.88. The molecule has 222 valence electrons. The molecule has 1 amide bonds. The predicted octanol–water partition coefficient (Wildman–Crippen LogP) is 5.93. The van der Waals surface area contributed by atoms with E-state index in [0.29, 0.717) is 42.0 Å². The van der Waals surface area contributed by atoms with Crippen molar-refractivity contribution in [1.29, 1.82) is 0 Å². The van der Waals surface area contributed by atoms with Crippen LogP contribution in [0.4, 0.5) is 14.6 Å². The molecular formula is C32H30ClF2N5O3. The van der Waals surface area contributed by atoms with Gasteiger partial charge in [-0.2, -0.15) is 4.98 Å². The van der Waals surface area contributed by atoms with Gasteiger partial charge in [0.25, 0.3) is 0 Å². The average molecular weight is 608 g/mol. The van der Waals surface area contributed by atoms with Crippen molar-refractivity contribution in [2.24, 2.45) is 0 Å². The minimum atomic E-state index is -2.62. The number of amides is 1. The molecule has 2 aromatic heterocycles. The zero-order chi connectivity index (χ0) is 32.5. The van der Waals surface area contributed by atoms with Gasteiger partial charge < -0.3 is 14.5 Å². The van der Waals surface area contributed by atoms with Crippen LogP contribution in [-0.2, 0) is 11.4 Å². The summed E-state index contributed by atoms with van der Waals surface area (Å²) in [6, 6.07) is 4.91. The van der Waals surface area contributed by atoms with Gasteiger partial charge in [-0.3, -0.25) is 14.3 Å². The van der Waals surface area contributed by atoms with Gasteiger partial charge in [-0.25, -0.2) is 13.6 Å². The molecule has 0 saturated carbocycles. The summed E-state index contributed by atoms with van der Waals surface area (Å²) < 4.78 is 55.0. The second kappa shape index (κ2) is 10.8. The highest BCUT2D eigenvalue weighted by atomic mass is 35.5. The first-order valence-corrected chi connectivity index (χ1v) is 14.3. The number of halogens is 3. The number of hydrogen-bond donors (Lipinski definition) is 0. The SMILES string of the molecule is [2H]C1([2H])Oc2c(c(Cl)cc3c(N4CCN(C(=O)C=C)C[C@@H]4C)nc(=O)n(-c4c(C)ccnc4C(C)C)c23)-c2c1ccc(F)c2F. The molecular weight excluding hydrogens is 576 g/mol. The van der Waals surface area contributed by atoms with Crippen LogP contribution in [0.1, 0.15) is 46.3 Å². The molecule has 4 aromatic rings. The van der Waals surface area contributed by atoms with Crippen LogP contribution < -0.4 is 15.3 Å². The third-order valence-electron chi connectivity index (χ3n) is 7.98. The van der Waals surface area contributed by atoms with Gasteiger partial charge in [-0.1, -0.05) is 38.1 Å². The molecule has 2 aliphatic heterocycles. The summed E-state index contributed by atoms with van der Waals surface area (Å²) in [5.41, 5.74) is 0.310. The summed E-state index contributed by atoms with van der Waals surface area (Å²) in [5.74, 6) is -2.83. The van der Waals surface area contributed by atoms with E-state index < -0.39 is 23.9 Å². The predicted molar refractivity (Wildman–Crippen MR) is 162 cm³/mol. The summed E-state index contributed by atoms with van der Waals surface area (Å²) in [5, 5.41) is 0.273. The number of fused-ring (bicyclic) bond motifs is 5. The first-order chi connectivity index (χ1) is 21.3. The Bertz CT molecular complexity index is 1980. The fourth-order valence-electron chi connectivity index (χ4n) is 5.94. The van der Waals surface area contributed by atoms with E-state index in [1.807, 2.05) is 25.7 Å². The summed E-state index contributed by atoms with van der Waals surface area (Å²) in [6.45, 7) is 9.45. The van der Waals surface area contributed by atoms with Crippen LogP contribution in [0.5, 0.6) is 5.75 Å². The van der Waals surface area contributed by atoms with Gasteiger partial charge in [0.15, 0.2) is 17.4 Å². The van der Waals surface area contributed by atoms with Gasteiger partial charge >= 0.3 is 5.69 Å². The van der Waals surface area contributed by atoms with Crippen LogP contribution in [0, 0.1) is 18.6 Å². The molecule has 0 N–H and O–H groups in total. The van der Waals surface area contributed by atoms with Gasteiger partial charge in [-0.15, -0.1) is 0 Å². The van der Waals surface area contributed by atoms with Gasteiger partial charge in [0, 0.05) is 53.9 Å². The van der Waals surface area contributed by atoms with Gasteiger partial charge in [0.05, 0.1) is 19.1 Å². The Hall–Kier alpha value is -4.31. The second-order valence-electron chi connectivity index (χ2n) is 11.0. The smallest absolute Gasteiger partial charge is 0.354 e. The number of ether oxygens (including phenoxy) is 1. The van der Waals surface area contributed by atoms with Crippen molar-refractivity contribution in [3.8, 4) is 22.6 Å². The number of hydrogen-bond acceptors (Lipinski definition) is 6. The molecule has 0 aliphatic carbocycles. The third kappa shape index (κ3) is 4.55. The number of carbonyl (C=O) groups excluding carboxylic acids is 1. The molecule has 0 radical (unpaired) electrons. The van der Waals surface area contributed by atoms with Crippen molar-refractivity contribution in [1.82, 2.24) is 19.4 Å². The Labute approximate surface area is 255 Å². The highest BCUT2D eigenvalue weighted by Gasteiger charge is 2.34. The zero-order valence-corrected chi connectivity index (χ0v) is 24.8. The monoisotopic (exact) mass is 607 g/mol. The van der Waals surface area contributed by atoms with Crippen LogP contribution in [0.15, 0.2) is 47.9 Å². The first kappa shape index (κ1) is 26.3. The van der Waals surface area contributed by atoms with E-state index in [9.17, 15) is 14.0 Å². The molecule has 8 nitrogen and oxygen atoms in total. The number of rotatable bonds is 4. The number of carbonyl (C=O) groups is 1. The minimum absolute atomic E-state index is 0.0490. The number of pyridine rings is 1. The normalized spacial score (nSPS) is 18.1. The molecule has 4 heterocycles. The van der Waals surface area contributed by atoms with Crippen molar-refractivity contribution in [2.45, 2.75) is 46.2 Å². The van der Waals surface area contributed by atoms with Crippen molar-refractivity contribution in [2.75, 3.05) is 24.5 Å². The second-order valence-corrected chi connectivity index (χ2v) is 11.5. The van der Waals surface area contributed by atoms with Crippen molar-refractivity contribution in [3.05, 3.63) is 87.1 Å². The summed E-state index contributed by atoms with van der Waals surface area (Å²) in [4.78, 5) is 39.2. The van der Waals surface area contributed by atoms with Crippen LogP contribution in [0.2, 0.25) is 5.02 Å². The Morgan fingerprint density at radius 3 is 2.72 bits per heavy atom. The van der Waals surface area contributed by atoms with E-state index in [-0.39, 0.29) is 56.7 Å². The van der Waals surface area contributed by atoms with Gasteiger partial charge in [-0.05, 0) is 49.6 Å². The molecule has 2 aliphatic rings. The highest BCUT2D eigenvalue weighted by molar-refractivity contribution is 6.35. The number of nitrogens with zero attached hydrogens (tertiary/aromatic N) is 5. The van der Waals surface area contributed by atoms with E-state index in [0.717, 1.165) is 12.1 Å². The van der Waals surface area contributed by atoms with Crippen molar-refractivity contribution < 1.29 is 21.1 Å². The van der Waals surface area contributed by atoms with E-state index in [1.54, 1.807) is 24.1 Å². The fraction of sp³-hybridized carbons (Fsp3) is 0.312. The zero-order valence-electron chi connectivity index (χ0n) is 26.0. The molecule has 0 bridgehead atoms. The number of aromatic nitrogens is 3. The lowest BCUT2D eigenvalue weighted by Crippen LogP contribution is -2.54.